The number of carboxylic acid groups (broad SMARTS) is 1. The highest BCUT2D eigenvalue weighted by molar-refractivity contribution is 6.16. The van der Waals surface area contributed by atoms with E-state index in [9.17, 15) is 14.4 Å². The van der Waals surface area contributed by atoms with Crippen molar-refractivity contribution in [1.82, 2.24) is 10.3 Å². The van der Waals surface area contributed by atoms with Crippen molar-refractivity contribution >= 4 is 40.6 Å². The van der Waals surface area contributed by atoms with Gasteiger partial charge in [0, 0.05) is 28.4 Å². The van der Waals surface area contributed by atoms with Crippen LogP contribution in [0.4, 0.5) is 15.3 Å². The second kappa shape index (κ2) is 7.04. The third-order valence-electron chi connectivity index (χ3n) is 4.35. The van der Waals surface area contributed by atoms with E-state index < -0.39 is 12.1 Å². The number of hydrogen-bond donors (Lipinski definition) is 4. The van der Waals surface area contributed by atoms with Crippen LogP contribution in [0.1, 0.15) is 15.9 Å². The number of anilines is 1. The number of allylic oxidation sites excluding steroid dienone is 1. The maximum atomic E-state index is 12.7. The van der Waals surface area contributed by atoms with Crippen LogP contribution in [0.5, 0.6) is 11.5 Å². The standard InChI is InChI=1S/C20H15N3O6/c1-28-12-3-4-15-13(8-12)10(9-21-15)6-17-18(24)14-7-11(2-5-16(14)29-17)22-19(25)23-20(26)27/h2-9,21H,1H3,(H,26,27)(H2,22,23,25). The molecule has 4 N–H and O–H groups in total. The number of methoxy groups -OCH3 is 1. The third-order valence-corrected chi connectivity index (χ3v) is 4.35. The van der Waals surface area contributed by atoms with E-state index >= 15 is 0 Å². The summed E-state index contributed by atoms with van der Waals surface area (Å²) in [5.74, 6) is 0.826. The van der Waals surface area contributed by atoms with Gasteiger partial charge in [-0.1, -0.05) is 0 Å². The fraction of sp³-hybridized carbons (Fsp3) is 0.0500. The Morgan fingerprint density at radius 1 is 1.21 bits per heavy atom. The van der Waals surface area contributed by atoms with Crippen molar-refractivity contribution in [2.45, 2.75) is 0 Å². The molecule has 9 heteroatoms. The number of nitrogens with one attached hydrogen (secondary N) is 3. The van der Waals surface area contributed by atoms with Crippen molar-refractivity contribution in [3.8, 4) is 11.5 Å². The van der Waals surface area contributed by atoms with E-state index in [2.05, 4.69) is 10.3 Å². The number of hydrogen-bond acceptors (Lipinski definition) is 5. The molecule has 3 aromatic rings. The van der Waals surface area contributed by atoms with E-state index in [1.807, 2.05) is 18.2 Å². The summed E-state index contributed by atoms with van der Waals surface area (Å²) in [5, 5.41) is 13.4. The predicted octanol–water partition coefficient (Wildman–Crippen LogP) is 3.59. The molecule has 0 bridgehead atoms. The molecule has 29 heavy (non-hydrogen) atoms. The number of imide groups is 1. The first-order valence-corrected chi connectivity index (χ1v) is 8.49. The molecule has 0 atom stereocenters. The zero-order chi connectivity index (χ0) is 20.5. The van der Waals surface area contributed by atoms with Crippen LogP contribution < -0.4 is 20.1 Å². The lowest BCUT2D eigenvalue weighted by molar-refractivity contribution is 0.101. The molecule has 146 valence electrons. The first-order valence-electron chi connectivity index (χ1n) is 8.49. The summed E-state index contributed by atoms with van der Waals surface area (Å²) >= 11 is 0. The van der Waals surface area contributed by atoms with Crippen LogP contribution in [-0.4, -0.2) is 35.1 Å². The number of ketones is 1. The van der Waals surface area contributed by atoms with Gasteiger partial charge in [-0.25, -0.2) is 14.9 Å². The number of Topliss-reactive ketones (excluding diaryl/α,β-unsaturated/α-hetero) is 1. The molecule has 4 rings (SSSR count). The van der Waals surface area contributed by atoms with E-state index in [1.165, 1.54) is 18.2 Å². The predicted molar refractivity (Wildman–Crippen MR) is 104 cm³/mol. The van der Waals surface area contributed by atoms with Crippen LogP contribution in [0.25, 0.3) is 17.0 Å². The summed E-state index contributed by atoms with van der Waals surface area (Å²) in [6, 6.07) is 9.11. The van der Waals surface area contributed by atoms with E-state index in [0.717, 1.165) is 16.5 Å². The van der Waals surface area contributed by atoms with Crippen LogP contribution in [-0.2, 0) is 0 Å². The van der Waals surface area contributed by atoms with Crippen LogP contribution in [0.2, 0.25) is 0 Å². The SMILES string of the molecule is COc1ccc2[nH]cc(C=C3Oc4ccc(NC(=O)NC(=O)O)cc4C3=O)c2c1. The molecular weight excluding hydrogens is 378 g/mol. The van der Waals surface area contributed by atoms with Crippen molar-refractivity contribution in [2.24, 2.45) is 0 Å². The Morgan fingerprint density at radius 2 is 2.03 bits per heavy atom. The minimum Gasteiger partial charge on any atom is -0.497 e. The first-order chi connectivity index (χ1) is 13.9. The van der Waals surface area contributed by atoms with Gasteiger partial charge in [-0.15, -0.1) is 0 Å². The fourth-order valence-corrected chi connectivity index (χ4v) is 3.04. The number of benzene rings is 2. The molecule has 0 radical (unpaired) electrons. The number of rotatable bonds is 3. The zero-order valence-corrected chi connectivity index (χ0v) is 15.1. The quantitative estimate of drug-likeness (QED) is 0.503. The minimum atomic E-state index is -1.48. The van der Waals surface area contributed by atoms with Crippen molar-refractivity contribution in [2.75, 3.05) is 12.4 Å². The van der Waals surface area contributed by atoms with Gasteiger partial charge in [0.05, 0.1) is 12.7 Å². The van der Waals surface area contributed by atoms with Gasteiger partial charge in [0.15, 0.2) is 5.76 Å². The lowest BCUT2D eigenvalue weighted by Gasteiger charge is -2.05. The van der Waals surface area contributed by atoms with Crippen LogP contribution in [0.3, 0.4) is 0 Å². The van der Waals surface area contributed by atoms with Crippen molar-refractivity contribution in [3.63, 3.8) is 0 Å². The maximum absolute atomic E-state index is 12.7. The molecule has 3 amide bonds. The van der Waals surface area contributed by atoms with Gasteiger partial charge in [0.2, 0.25) is 5.78 Å². The molecule has 0 spiro atoms. The number of aromatic nitrogens is 1. The molecule has 0 saturated heterocycles. The normalized spacial score (nSPS) is 13.8. The Labute approximate surface area is 163 Å². The summed E-state index contributed by atoms with van der Waals surface area (Å²) in [7, 11) is 1.58. The second-order valence-corrected chi connectivity index (χ2v) is 6.19. The average molecular weight is 393 g/mol. The summed E-state index contributed by atoms with van der Waals surface area (Å²) < 4.78 is 10.9. The molecule has 0 saturated carbocycles. The minimum absolute atomic E-state index is 0.135. The fourth-order valence-electron chi connectivity index (χ4n) is 3.04. The Balaban J connectivity index is 1.61. The average Bonchev–Trinajstić information content (AvgIpc) is 3.22. The van der Waals surface area contributed by atoms with E-state index in [4.69, 9.17) is 14.6 Å². The van der Waals surface area contributed by atoms with Gasteiger partial charge >= 0.3 is 12.1 Å². The number of fused-ring (bicyclic) bond motifs is 2. The van der Waals surface area contributed by atoms with E-state index in [1.54, 1.807) is 24.7 Å². The third kappa shape index (κ3) is 3.48. The number of ether oxygens (including phenoxy) is 2. The number of H-pyrrole nitrogens is 1. The summed E-state index contributed by atoms with van der Waals surface area (Å²) in [5.41, 5.74) is 2.17. The second-order valence-electron chi connectivity index (χ2n) is 6.19. The number of aromatic amines is 1. The maximum Gasteiger partial charge on any atom is 0.412 e. The highest BCUT2D eigenvalue weighted by Crippen LogP contribution is 2.35. The number of carbonyl (C=O) groups excluding carboxylic acids is 2. The number of urea groups is 1. The van der Waals surface area contributed by atoms with Gasteiger partial charge in [-0.05, 0) is 42.5 Å². The van der Waals surface area contributed by atoms with Gasteiger partial charge in [-0.3, -0.25) is 4.79 Å². The van der Waals surface area contributed by atoms with E-state index in [0.29, 0.717) is 11.5 Å². The Hall–Kier alpha value is -4.27. The van der Waals surface area contributed by atoms with Crippen molar-refractivity contribution < 1.29 is 29.0 Å². The summed E-state index contributed by atoms with van der Waals surface area (Å²) in [6.45, 7) is 0. The molecule has 9 nitrogen and oxygen atoms in total. The van der Waals surface area contributed by atoms with Crippen molar-refractivity contribution in [1.29, 1.82) is 0 Å². The summed E-state index contributed by atoms with van der Waals surface area (Å²) in [4.78, 5) is 37.9. The highest BCUT2D eigenvalue weighted by Gasteiger charge is 2.28. The lowest BCUT2D eigenvalue weighted by atomic mass is 10.1. The van der Waals surface area contributed by atoms with Gasteiger partial charge in [0.25, 0.3) is 0 Å². The van der Waals surface area contributed by atoms with Gasteiger partial charge in [0.1, 0.15) is 11.5 Å². The molecule has 1 aromatic heterocycles. The Bertz CT molecular complexity index is 1190. The van der Waals surface area contributed by atoms with Crippen molar-refractivity contribution in [3.05, 3.63) is 59.5 Å². The molecular formula is C20H15N3O6. The monoisotopic (exact) mass is 393 g/mol. The topological polar surface area (TPSA) is 130 Å². The molecule has 2 heterocycles. The highest BCUT2D eigenvalue weighted by atomic mass is 16.5. The Kier molecular flexibility index (Phi) is 4.40. The first kappa shape index (κ1) is 18.1. The molecule has 2 aromatic carbocycles. The number of carbonyl (C=O) groups is 3. The molecule has 1 aliphatic heterocycles. The van der Waals surface area contributed by atoms with Crippen LogP contribution in [0, 0.1) is 0 Å². The van der Waals surface area contributed by atoms with Gasteiger partial charge in [-0.2, -0.15) is 0 Å². The molecule has 0 fully saturated rings. The van der Waals surface area contributed by atoms with Crippen LogP contribution >= 0.6 is 0 Å². The number of amides is 3. The van der Waals surface area contributed by atoms with E-state index in [-0.39, 0.29) is 22.8 Å². The van der Waals surface area contributed by atoms with Crippen LogP contribution in [0.15, 0.2) is 48.4 Å². The largest absolute Gasteiger partial charge is 0.497 e. The molecule has 1 aliphatic rings. The lowest BCUT2D eigenvalue weighted by Crippen LogP contribution is -2.32. The summed E-state index contributed by atoms with van der Waals surface area (Å²) in [6.07, 6.45) is 1.91. The Morgan fingerprint density at radius 3 is 2.79 bits per heavy atom. The molecule has 0 aliphatic carbocycles. The van der Waals surface area contributed by atoms with Gasteiger partial charge < -0.3 is 24.9 Å². The smallest absolute Gasteiger partial charge is 0.412 e. The zero-order valence-electron chi connectivity index (χ0n) is 15.1. The molecule has 0 unspecified atom stereocenters.